The largest absolute Gasteiger partial charge is 0.488 e. The molecule has 2 rings (SSSR count). The zero-order valence-electron chi connectivity index (χ0n) is 14.3. The maximum atomic E-state index is 12.4. The van der Waals surface area contributed by atoms with E-state index in [2.05, 4.69) is 24.1 Å². The first kappa shape index (κ1) is 18.0. The first-order valence-electron chi connectivity index (χ1n) is 8.51. The molecule has 24 heavy (non-hydrogen) atoms. The van der Waals surface area contributed by atoms with Gasteiger partial charge in [0.1, 0.15) is 17.5 Å². The van der Waals surface area contributed by atoms with E-state index in [9.17, 15) is 9.59 Å². The molecule has 0 saturated carbocycles. The Morgan fingerprint density at radius 3 is 2.88 bits per heavy atom. The quantitative estimate of drug-likeness (QED) is 0.830. The second kappa shape index (κ2) is 8.52. The molecule has 0 radical (unpaired) electrons. The fourth-order valence-electron chi connectivity index (χ4n) is 2.79. The molecule has 1 saturated heterocycles. The first-order chi connectivity index (χ1) is 11.5. The van der Waals surface area contributed by atoms with E-state index in [-0.39, 0.29) is 23.9 Å². The Balaban J connectivity index is 1.94. The SMILES string of the molecule is CCC(CC)NC(=O)N1CCCC(Oc2ccnc(C(N)=O)c2)C1. The molecular weight excluding hydrogens is 308 g/mol. The molecule has 0 aliphatic carbocycles. The molecule has 1 unspecified atom stereocenters. The maximum Gasteiger partial charge on any atom is 0.317 e. The highest BCUT2D eigenvalue weighted by Crippen LogP contribution is 2.19. The molecule has 3 amide bonds. The van der Waals surface area contributed by atoms with Crippen LogP contribution in [0.2, 0.25) is 0 Å². The monoisotopic (exact) mass is 334 g/mol. The van der Waals surface area contributed by atoms with Gasteiger partial charge < -0.3 is 20.7 Å². The predicted molar refractivity (Wildman–Crippen MR) is 90.9 cm³/mol. The van der Waals surface area contributed by atoms with Crippen molar-refractivity contribution in [2.75, 3.05) is 13.1 Å². The number of primary amides is 1. The minimum absolute atomic E-state index is 0.0375. The molecule has 7 heteroatoms. The Hall–Kier alpha value is -2.31. The third kappa shape index (κ3) is 4.84. The molecule has 1 aromatic rings. The standard InChI is InChI=1S/C17H26N4O3/c1-3-12(4-2)20-17(23)21-9-5-6-14(11-21)24-13-7-8-19-15(10-13)16(18)22/h7-8,10,12,14H,3-6,9,11H2,1-2H3,(H2,18,22)(H,20,23). The fraction of sp³-hybridized carbons (Fsp3) is 0.588. The van der Waals surface area contributed by atoms with Crippen molar-refractivity contribution >= 4 is 11.9 Å². The molecule has 1 atom stereocenters. The van der Waals surface area contributed by atoms with Gasteiger partial charge in [0, 0.05) is 24.8 Å². The number of nitrogens with zero attached hydrogens (tertiary/aromatic N) is 2. The molecular formula is C17H26N4O3. The highest BCUT2D eigenvalue weighted by Gasteiger charge is 2.26. The Morgan fingerprint density at radius 1 is 1.46 bits per heavy atom. The Morgan fingerprint density at radius 2 is 2.21 bits per heavy atom. The lowest BCUT2D eigenvalue weighted by atomic mass is 10.1. The lowest BCUT2D eigenvalue weighted by Crippen LogP contribution is -2.50. The van der Waals surface area contributed by atoms with Gasteiger partial charge in [-0.3, -0.25) is 9.78 Å². The zero-order valence-corrected chi connectivity index (χ0v) is 14.3. The number of urea groups is 1. The van der Waals surface area contributed by atoms with Crippen molar-refractivity contribution in [3.63, 3.8) is 0 Å². The van der Waals surface area contributed by atoms with Crippen LogP contribution >= 0.6 is 0 Å². The third-order valence-corrected chi connectivity index (χ3v) is 4.27. The number of piperidine rings is 1. The topological polar surface area (TPSA) is 97.6 Å². The van der Waals surface area contributed by atoms with Crippen molar-refractivity contribution in [1.82, 2.24) is 15.2 Å². The number of carbonyl (C=O) groups is 2. The average molecular weight is 334 g/mol. The number of nitrogens with two attached hydrogens (primary N) is 1. The van der Waals surface area contributed by atoms with Gasteiger partial charge in [0.2, 0.25) is 0 Å². The number of likely N-dealkylation sites (tertiary alicyclic amines) is 1. The van der Waals surface area contributed by atoms with Crippen LogP contribution in [0.3, 0.4) is 0 Å². The highest BCUT2D eigenvalue weighted by atomic mass is 16.5. The molecule has 132 valence electrons. The van der Waals surface area contributed by atoms with Crippen molar-refractivity contribution in [2.45, 2.75) is 51.7 Å². The van der Waals surface area contributed by atoms with Crippen LogP contribution in [0.1, 0.15) is 50.0 Å². The lowest BCUT2D eigenvalue weighted by molar-refractivity contribution is 0.0977. The van der Waals surface area contributed by atoms with Gasteiger partial charge in [0.05, 0.1) is 6.54 Å². The van der Waals surface area contributed by atoms with Gasteiger partial charge in [-0.1, -0.05) is 13.8 Å². The van der Waals surface area contributed by atoms with Crippen LogP contribution in [0, 0.1) is 0 Å². The number of hydrogen-bond acceptors (Lipinski definition) is 4. The second-order valence-electron chi connectivity index (χ2n) is 6.03. The molecule has 1 aliphatic heterocycles. The number of nitrogens with one attached hydrogen (secondary N) is 1. The van der Waals surface area contributed by atoms with E-state index in [1.807, 2.05) is 0 Å². The minimum Gasteiger partial charge on any atom is -0.488 e. The van der Waals surface area contributed by atoms with Crippen molar-refractivity contribution in [3.05, 3.63) is 24.0 Å². The van der Waals surface area contributed by atoms with E-state index >= 15 is 0 Å². The van der Waals surface area contributed by atoms with Crippen LogP contribution in [-0.4, -0.2) is 47.1 Å². The molecule has 1 fully saturated rings. The normalized spacial score (nSPS) is 17.6. The summed E-state index contributed by atoms with van der Waals surface area (Å²) in [6.07, 6.45) is 4.98. The maximum absolute atomic E-state index is 12.4. The molecule has 1 aliphatic rings. The number of amides is 3. The van der Waals surface area contributed by atoms with Gasteiger partial charge in [-0.25, -0.2) is 4.79 Å². The van der Waals surface area contributed by atoms with Gasteiger partial charge in [0.25, 0.3) is 5.91 Å². The Labute approximate surface area is 142 Å². The minimum atomic E-state index is -0.588. The summed E-state index contributed by atoms with van der Waals surface area (Å²) in [4.78, 5) is 29.2. The summed E-state index contributed by atoms with van der Waals surface area (Å²) in [5.74, 6) is -0.0404. The van der Waals surface area contributed by atoms with Crippen LogP contribution < -0.4 is 15.8 Å². The van der Waals surface area contributed by atoms with E-state index < -0.39 is 5.91 Å². The molecule has 0 bridgehead atoms. The molecule has 2 heterocycles. The lowest BCUT2D eigenvalue weighted by Gasteiger charge is -2.34. The number of ether oxygens (including phenoxy) is 1. The van der Waals surface area contributed by atoms with Crippen molar-refractivity contribution in [1.29, 1.82) is 0 Å². The molecule has 0 aromatic carbocycles. The summed E-state index contributed by atoms with van der Waals surface area (Å²) < 4.78 is 5.91. The molecule has 3 N–H and O–H groups in total. The summed E-state index contributed by atoms with van der Waals surface area (Å²) in [5, 5.41) is 3.05. The summed E-state index contributed by atoms with van der Waals surface area (Å²) in [5.41, 5.74) is 5.40. The number of carbonyl (C=O) groups excluding carboxylic acids is 2. The van der Waals surface area contributed by atoms with Crippen LogP contribution in [0.15, 0.2) is 18.3 Å². The number of pyridine rings is 1. The van der Waals surface area contributed by atoms with E-state index in [0.717, 1.165) is 32.2 Å². The van der Waals surface area contributed by atoms with Gasteiger partial charge in [-0.15, -0.1) is 0 Å². The van der Waals surface area contributed by atoms with Gasteiger partial charge in [-0.2, -0.15) is 0 Å². The average Bonchev–Trinajstić information content (AvgIpc) is 2.60. The van der Waals surface area contributed by atoms with Crippen molar-refractivity contribution in [3.8, 4) is 5.75 Å². The van der Waals surface area contributed by atoms with Gasteiger partial charge >= 0.3 is 6.03 Å². The number of aromatic nitrogens is 1. The second-order valence-corrected chi connectivity index (χ2v) is 6.03. The molecule has 1 aromatic heterocycles. The third-order valence-electron chi connectivity index (χ3n) is 4.27. The predicted octanol–water partition coefficient (Wildman–Crippen LogP) is 1.92. The van der Waals surface area contributed by atoms with E-state index in [4.69, 9.17) is 10.5 Å². The van der Waals surface area contributed by atoms with E-state index in [1.54, 1.807) is 11.0 Å². The van der Waals surface area contributed by atoms with Crippen LogP contribution in [-0.2, 0) is 0 Å². The van der Waals surface area contributed by atoms with E-state index in [0.29, 0.717) is 12.3 Å². The highest BCUT2D eigenvalue weighted by molar-refractivity contribution is 5.91. The molecule has 7 nitrogen and oxygen atoms in total. The van der Waals surface area contributed by atoms with Crippen molar-refractivity contribution in [2.24, 2.45) is 5.73 Å². The molecule has 0 spiro atoms. The smallest absolute Gasteiger partial charge is 0.317 e. The van der Waals surface area contributed by atoms with Crippen molar-refractivity contribution < 1.29 is 14.3 Å². The Bertz CT molecular complexity index is 575. The Kier molecular flexibility index (Phi) is 6.40. The number of hydrogen-bond donors (Lipinski definition) is 2. The summed E-state index contributed by atoms with van der Waals surface area (Å²) in [7, 11) is 0. The van der Waals surface area contributed by atoms with Crippen LogP contribution in [0.5, 0.6) is 5.75 Å². The van der Waals surface area contributed by atoms with Crippen LogP contribution in [0.25, 0.3) is 0 Å². The zero-order chi connectivity index (χ0) is 17.5. The fourth-order valence-corrected chi connectivity index (χ4v) is 2.79. The van der Waals surface area contributed by atoms with Crippen LogP contribution in [0.4, 0.5) is 4.79 Å². The summed E-state index contributed by atoms with van der Waals surface area (Å²) >= 11 is 0. The number of rotatable bonds is 6. The summed E-state index contributed by atoms with van der Waals surface area (Å²) in [6, 6.07) is 3.39. The first-order valence-corrected chi connectivity index (χ1v) is 8.51. The van der Waals surface area contributed by atoms with Gasteiger partial charge in [-0.05, 0) is 31.7 Å². The van der Waals surface area contributed by atoms with Gasteiger partial charge in [0.15, 0.2) is 0 Å². The van der Waals surface area contributed by atoms with E-state index in [1.165, 1.54) is 12.3 Å². The summed E-state index contributed by atoms with van der Waals surface area (Å²) in [6.45, 7) is 5.39.